The predicted molar refractivity (Wildman–Crippen MR) is 102 cm³/mol. The number of aryl methyl sites for hydroxylation is 1. The third kappa shape index (κ3) is 3.20. The lowest BCUT2D eigenvalue weighted by atomic mass is 9.87. The number of nitrogens with one attached hydrogen (secondary N) is 2. The van der Waals surface area contributed by atoms with Gasteiger partial charge in [0.15, 0.2) is 0 Å². The number of aromatic nitrogens is 1. The van der Waals surface area contributed by atoms with Crippen LogP contribution in [0.3, 0.4) is 0 Å². The number of amides is 1. The Labute approximate surface area is 150 Å². The summed E-state index contributed by atoms with van der Waals surface area (Å²) in [7, 11) is 0. The Morgan fingerprint density at radius 1 is 1.36 bits per heavy atom. The molecule has 0 radical (unpaired) electrons. The van der Waals surface area contributed by atoms with Crippen molar-refractivity contribution in [3.05, 3.63) is 35.0 Å². The van der Waals surface area contributed by atoms with Crippen LogP contribution in [0.4, 0.5) is 0 Å². The predicted octanol–water partition coefficient (Wildman–Crippen LogP) is 3.51. The number of hydrogen-bond acceptors (Lipinski definition) is 2. The van der Waals surface area contributed by atoms with E-state index in [0.717, 1.165) is 44.0 Å². The highest BCUT2D eigenvalue weighted by Gasteiger charge is 2.24. The normalized spacial score (nSPS) is 23.8. The van der Waals surface area contributed by atoms with E-state index in [1.807, 2.05) is 6.07 Å². The van der Waals surface area contributed by atoms with Gasteiger partial charge < -0.3 is 10.3 Å². The Morgan fingerprint density at radius 3 is 3.08 bits per heavy atom. The number of hydrogen-bond donors (Lipinski definition) is 2. The summed E-state index contributed by atoms with van der Waals surface area (Å²) in [6, 6.07) is 6.61. The fourth-order valence-corrected chi connectivity index (χ4v) is 4.59. The third-order valence-corrected chi connectivity index (χ3v) is 6.10. The van der Waals surface area contributed by atoms with Crippen molar-refractivity contribution in [3.8, 4) is 0 Å². The number of aromatic amines is 1. The van der Waals surface area contributed by atoms with Gasteiger partial charge in [-0.25, -0.2) is 0 Å². The van der Waals surface area contributed by atoms with Crippen LogP contribution in [-0.4, -0.2) is 41.5 Å². The van der Waals surface area contributed by atoms with Crippen LogP contribution >= 0.6 is 0 Å². The summed E-state index contributed by atoms with van der Waals surface area (Å²) in [6.45, 7) is 7.51. The molecule has 0 unspecified atom stereocenters. The van der Waals surface area contributed by atoms with Crippen molar-refractivity contribution in [2.45, 2.75) is 52.0 Å². The van der Waals surface area contributed by atoms with Crippen LogP contribution in [0.25, 0.3) is 10.9 Å². The molecule has 2 aliphatic rings. The van der Waals surface area contributed by atoms with Gasteiger partial charge in [-0.15, -0.1) is 0 Å². The van der Waals surface area contributed by atoms with Crippen LogP contribution in [-0.2, 0) is 12.8 Å². The summed E-state index contributed by atoms with van der Waals surface area (Å²) >= 11 is 0. The lowest BCUT2D eigenvalue weighted by Crippen LogP contribution is -2.40. The summed E-state index contributed by atoms with van der Waals surface area (Å²) in [6.07, 6.45) is 5.93. The van der Waals surface area contributed by atoms with Gasteiger partial charge in [-0.1, -0.05) is 13.8 Å². The van der Waals surface area contributed by atoms with E-state index in [1.54, 1.807) is 0 Å². The Bertz CT molecular complexity index is 779. The molecule has 2 atom stereocenters. The van der Waals surface area contributed by atoms with E-state index in [-0.39, 0.29) is 5.91 Å². The van der Waals surface area contributed by atoms with E-state index >= 15 is 0 Å². The molecule has 1 aromatic carbocycles. The largest absolute Gasteiger partial charge is 0.358 e. The quantitative estimate of drug-likeness (QED) is 0.895. The lowest BCUT2D eigenvalue weighted by molar-refractivity contribution is 0.0941. The maximum atomic E-state index is 12.7. The first-order chi connectivity index (χ1) is 12.2. The zero-order chi connectivity index (χ0) is 17.4. The molecule has 1 amide bonds. The van der Waals surface area contributed by atoms with Gasteiger partial charge in [-0.05, 0) is 74.9 Å². The fourth-order valence-electron chi connectivity index (χ4n) is 4.59. The van der Waals surface area contributed by atoms with Crippen LogP contribution in [0.15, 0.2) is 18.2 Å². The van der Waals surface area contributed by atoms with Crippen LogP contribution in [0.2, 0.25) is 0 Å². The van der Waals surface area contributed by atoms with Gasteiger partial charge in [-0.3, -0.25) is 9.69 Å². The van der Waals surface area contributed by atoms with Crippen molar-refractivity contribution >= 4 is 16.8 Å². The smallest absolute Gasteiger partial charge is 0.251 e. The van der Waals surface area contributed by atoms with E-state index in [2.05, 4.69) is 41.2 Å². The van der Waals surface area contributed by atoms with Crippen LogP contribution in [0.1, 0.15) is 54.7 Å². The minimum absolute atomic E-state index is 0.0589. The van der Waals surface area contributed by atoms with Crippen LogP contribution < -0.4 is 5.32 Å². The molecule has 0 saturated carbocycles. The van der Waals surface area contributed by atoms with Crippen LogP contribution in [0.5, 0.6) is 0 Å². The molecule has 1 saturated heterocycles. The molecule has 0 spiro atoms. The molecule has 1 fully saturated rings. The molecule has 2 heterocycles. The number of H-pyrrole nitrogens is 1. The number of likely N-dealkylation sites (N-methyl/N-ethyl adjacent to an activating group) is 1. The van der Waals surface area contributed by atoms with E-state index in [1.165, 1.54) is 41.4 Å². The zero-order valence-electron chi connectivity index (χ0n) is 15.4. The van der Waals surface area contributed by atoms with Gasteiger partial charge in [0.25, 0.3) is 5.91 Å². The molecule has 2 aromatic rings. The topological polar surface area (TPSA) is 48.1 Å². The van der Waals surface area contributed by atoms with E-state index in [0.29, 0.717) is 6.04 Å². The minimum atomic E-state index is 0.0589. The van der Waals surface area contributed by atoms with Gasteiger partial charge in [0, 0.05) is 34.7 Å². The number of benzene rings is 1. The van der Waals surface area contributed by atoms with Crippen molar-refractivity contribution in [2.75, 3.05) is 19.6 Å². The second kappa shape index (κ2) is 6.83. The first-order valence-corrected chi connectivity index (χ1v) is 9.81. The number of carbonyl (C=O) groups is 1. The van der Waals surface area contributed by atoms with Crippen LogP contribution in [0, 0.1) is 5.92 Å². The summed E-state index contributed by atoms with van der Waals surface area (Å²) < 4.78 is 0. The van der Waals surface area contributed by atoms with Gasteiger partial charge in [0.1, 0.15) is 0 Å². The number of rotatable bonds is 4. The first-order valence-electron chi connectivity index (χ1n) is 9.81. The van der Waals surface area contributed by atoms with Gasteiger partial charge >= 0.3 is 0 Å². The minimum Gasteiger partial charge on any atom is -0.358 e. The summed E-state index contributed by atoms with van der Waals surface area (Å²) in [5.41, 5.74) is 4.75. The second-order valence-electron chi connectivity index (χ2n) is 7.83. The second-order valence-corrected chi connectivity index (χ2v) is 7.83. The lowest BCUT2D eigenvalue weighted by Gasteiger charge is -2.22. The highest BCUT2D eigenvalue weighted by molar-refractivity contribution is 5.99. The molecular formula is C21H29N3O. The van der Waals surface area contributed by atoms with Gasteiger partial charge in [0.2, 0.25) is 0 Å². The Hall–Kier alpha value is -1.81. The van der Waals surface area contributed by atoms with E-state index < -0.39 is 0 Å². The number of nitrogens with zero attached hydrogens (tertiary/aromatic N) is 1. The van der Waals surface area contributed by atoms with Gasteiger partial charge in [0.05, 0.1) is 0 Å². The molecule has 4 nitrogen and oxygen atoms in total. The SMILES string of the molecule is CCN1CCC[C@H]1CNC(=O)c1ccc2[nH]c3c(c2c1)C[C@@H](C)CC3. The molecule has 134 valence electrons. The molecule has 4 rings (SSSR count). The first kappa shape index (κ1) is 16.6. The molecule has 1 aliphatic carbocycles. The molecule has 1 aromatic heterocycles. The third-order valence-electron chi connectivity index (χ3n) is 6.10. The average Bonchev–Trinajstić information content (AvgIpc) is 3.22. The van der Waals surface area contributed by atoms with Gasteiger partial charge in [-0.2, -0.15) is 0 Å². The van der Waals surface area contributed by atoms with Crippen molar-refractivity contribution in [2.24, 2.45) is 5.92 Å². The molecule has 25 heavy (non-hydrogen) atoms. The van der Waals surface area contributed by atoms with Crippen molar-refractivity contribution in [1.82, 2.24) is 15.2 Å². The molecule has 0 bridgehead atoms. The molecule has 4 heteroatoms. The zero-order valence-corrected chi connectivity index (χ0v) is 15.4. The molecule has 1 aliphatic heterocycles. The molecular weight excluding hydrogens is 310 g/mol. The fraction of sp³-hybridized carbons (Fsp3) is 0.571. The summed E-state index contributed by atoms with van der Waals surface area (Å²) in [5.74, 6) is 0.787. The summed E-state index contributed by atoms with van der Waals surface area (Å²) in [5, 5.41) is 4.40. The maximum absolute atomic E-state index is 12.7. The number of likely N-dealkylation sites (tertiary alicyclic amines) is 1. The molecule has 2 N–H and O–H groups in total. The number of fused-ring (bicyclic) bond motifs is 3. The van der Waals surface area contributed by atoms with Crippen molar-refractivity contribution in [3.63, 3.8) is 0 Å². The van der Waals surface area contributed by atoms with Crippen molar-refractivity contribution in [1.29, 1.82) is 0 Å². The average molecular weight is 339 g/mol. The highest BCUT2D eigenvalue weighted by Crippen LogP contribution is 2.32. The van der Waals surface area contributed by atoms with Crippen molar-refractivity contribution < 1.29 is 4.79 Å². The Balaban J connectivity index is 1.51. The summed E-state index contributed by atoms with van der Waals surface area (Å²) in [4.78, 5) is 18.7. The Morgan fingerprint density at radius 2 is 2.24 bits per heavy atom. The van der Waals surface area contributed by atoms with E-state index in [4.69, 9.17) is 0 Å². The number of carbonyl (C=O) groups excluding carboxylic acids is 1. The Kier molecular flexibility index (Phi) is 4.55. The highest BCUT2D eigenvalue weighted by atomic mass is 16.1. The van der Waals surface area contributed by atoms with E-state index in [9.17, 15) is 4.79 Å². The maximum Gasteiger partial charge on any atom is 0.251 e. The standard InChI is InChI=1S/C21H29N3O/c1-3-24-10-4-5-16(24)13-22-21(25)15-7-9-20-18(12-15)17-11-14(2)6-8-19(17)23-20/h7,9,12,14,16,23H,3-6,8,10-11,13H2,1-2H3,(H,22,25)/t14-,16-/m0/s1. The monoisotopic (exact) mass is 339 g/mol.